The molecule has 0 saturated heterocycles. The van der Waals surface area contributed by atoms with E-state index in [1.807, 2.05) is 6.92 Å². The van der Waals surface area contributed by atoms with E-state index in [1.165, 1.54) is 23.8 Å². The van der Waals surface area contributed by atoms with Gasteiger partial charge >= 0.3 is 0 Å². The third-order valence-electron chi connectivity index (χ3n) is 2.13. The van der Waals surface area contributed by atoms with Crippen LogP contribution in [-0.2, 0) is 0 Å². The van der Waals surface area contributed by atoms with E-state index < -0.39 is 0 Å². The maximum absolute atomic E-state index is 13.1. The molecule has 0 spiro atoms. The van der Waals surface area contributed by atoms with Gasteiger partial charge in [0, 0.05) is 6.20 Å². The number of pyridine rings is 1. The number of nitrogens with one attached hydrogen (secondary N) is 1. The monoisotopic (exact) mass is 238 g/mol. The van der Waals surface area contributed by atoms with Crippen LogP contribution >= 0.6 is 11.5 Å². The Morgan fingerprint density at radius 1 is 1.44 bits per heavy atom. The van der Waals surface area contributed by atoms with Crippen LogP contribution in [0.15, 0.2) is 24.7 Å². The molecule has 1 atom stereocenters. The molecule has 1 unspecified atom stereocenters. The zero-order valence-corrected chi connectivity index (χ0v) is 9.54. The van der Waals surface area contributed by atoms with Crippen molar-refractivity contribution in [2.45, 2.75) is 13.0 Å². The van der Waals surface area contributed by atoms with Crippen LogP contribution < -0.4 is 5.32 Å². The van der Waals surface area contributed by atoms with Crippen LogP contribution in [0.25, 0.3) is 0 Å². The van der Waals surface area contributed by atoms with Gasteiger partial charge in [0.1, 0.15) is 5.82 Å². The summed E-state index contributed by atoms with van der Waals surface area (Å²) in [6, 6.07) is 1.38. The van der Waals surface area contributed by atoms with Gasteiger partial charge < -0.3 is 5.32 Å². The molecule has 0 radical (unpaired) electrons. The minimum absolute atomic E-state index is 0.0896. The second kappa shape index (κ2) is 5.09. The van der Waals surface area contributed by atoms with Gasteiger partial charge in [0.25, 0.3) is 0 Å². The van der Waals surface area contributed by atoms with Crippen LogP contribution in [0.5, 0.6) is 0 Å². The predicted molar refractivity (Wildman–Crippen MR) is 59.6 cm³/mol. The van der Waals surface area contributed by atoms with Crippen LogP contribution in [0, 0.1) is 5.82 Å². The fraction of sp³-hybridized carbons (Fsp3) is 0.300. The molecule has 2 rings (SSSR count). The van der Waals surface area contributed by atoms with E-state index in [4.69, 9.17) is 0 Å². The van der Waals surface area contributed by atoms with Gasteiger partial charge in [-0.15, -0.1) is 5.10 Å². The molecule has 4 nitrogen and oxygen atoms in total. The Balaban J connectivity index is 2.33. The summed E-state index contributed by atoms with van der Waals surface area (Å²) in [6.07, 6.45) is 4.52. The summed E-state index contributed by atoms with van der Waals surface area (Å²) in [7, 11) is 0. The van der Waals surface area contributed by atoms with E-state index in [1.54, 1.807) is 12.4 Å². The molecule has 2 heterocycles. The van der Waals surface area contributed by atoms with Crippen molar-refractivity contribution in [2.75, 3.05) is 6.54 Å². The highest BCUT2D eigenvalue weighted by atomic mass is 32.1. The first-order chi connectivity index (χ1) is 7.81. The number of aromatic nitrogens is 3. The third kappa shape index (κ3) is 2.40. The molecule has 0 bridgehead atoms. The topological polar surface area (TPSA) is 50.7 Å². The van der Waals surface area contributed by atoms with Crippen LogP contribution in [0.2, 0.25) is 0 Å². The zero-order valence-electron chi connectivity index (χ0n) is 8.72. The van der Waals surface area contributed by atoms with Crippen LogP contribution in [0.3, 0.4) is 0 Å². The minimum atomic E-state index is -0.335. The molecule has 0 aliphatic heterocycles. The first kappa shape index (κ1) is 11.1. The van der Waals surface area contributed by atoms with Gasteiger partial charge in [-0.2, -0.15) is 0 Å². The SMILES string of the molecule is CCNC(c1cncc(F)c1)c1cnns1. The standard InChI is InChI=1S/C10H11FN4S/c1-2-13-10(9-6-14-15-16-9)7-3-8(11)5-12-4-7/h3-6,10,13H,2H2,1H3. The van der Waals surface area contributed by atoms with E-state index in [0.29, 0.717) is 0 Å². The van der Waals surface area contributed by atoms with Crippen molar-refractivity contribution in [1.82, 2.24) is 19.9 Å². The molecule has 0 aliphatic rings. The molecule has 0 fully saturated rings. The van der Waals surface area contributed by atoms with E-state index in [2.05, 4.69) is 19.9 Å². The maximum atomic E-state index is 13.1. The van der Waals surface area contributed by atoms with Crippen LogP contribution in [0.1, 0.15) is 23.4 Å². The van der Waals surface area contributed by atoms with Crippen molar-refractivity contribution in [3.05, 3.63) is 40.9 Å². The summed E-state index contributed by atoms with van der Waals surface area (Å²) < 4.78 is 16.9. The normalized spacial score (nSPS) is 12.6. The summed E-state index contributed by atoms with van der Waals surface area (Å²) >= 11 is 1.30. The average Bonchev–Trinajstić information content (AvgIpc) is 2.79. The molecule has 0 aliphatic carbocycles. The lowest BCUT2D eigenvalue weighted by Crippen LogP contribution is -2.21. The Bertz CT molecular complexity index is 446. The lowest BCUT2D eigenvalue weighted by molar-refractivity contribution is 0.599. The first-order valence-corrected chi connectivity index (χ1v) is 5.69. The predicted octanol–water partition coefficient (Wildman–Crippen LogP) is 1.77. The van der Waals surface area contributed by atoms with Gasteiger partial charge in [0.2, 0.25) is 0 Å². The highest BCUT2D eigenvalue weighted by molar-refractivity contribution is 7.05. The fourth-order valence-corrected chi connectivity index (χ4v) is 2.08. The van der Waals surface area contributed by atoms with Gasteiger partial charge in [0.05, 0.1) is 23.3 Å². The summed E-state index contributed by atoms with van der Waals surface area (Å²) in [5, 5.41) is 7.04. The van der Waals surface area contributed by atoms with Crippen molar-refractivity contribution in [3.8, 4) is 0 Å². The molecular weight excluding hydrogens is 227 g/mol. The summed E-state index contributed by atoms with van der Waals surface area (Å²) in [5.41, 5.74) is 0.785. The molecule has 84 valence electrons. The van der Waals surface area contributed by atoms with Crippen molar-refractivity contribution >= 4 is 11.5 Å². The van der Waals surface area contributed by atoms with Crippen molar-refractivity contribution in [1.29, 1.82) is 0 Å². The van der Waals surface area contributed by atoms with Gasteiger partial charge in [-0.05, 0) is 29.7 Å². The lowest BCUT2D eigenvalue weighted by atomic mass is 10.1. The number of nitrogens with zero attached hydrogens (tertiary/aromatic N) is 3. The molecule has 0 saturated carbocycles. The summed E-state index contributed by atoms with van der Waals surface area (Å²) in [4.78, 5) is 4.80. The highest BCUT2D eigenvalue weighted by Crippen LogP contribution is 2.23. The molecule has 6 heteroatoms. The summed E-state index contributed by atoms with van der Waals surface area (Å²) in [5.74, 6) is -0.335. The average molecular weight is 238 g/mol. The second-order valence-corrected chi connectivity index (χ2v) is 4.06. The fourth-order valence-electron chi connectivity index (χ4n) is 1.47. The Morgan fingerprint density at radius 3 is 2.94 bits per heavy atom. The molecule has 0 amide bonds. The third-order valence-corrected chi connectivity index (χ3v) is 2.86. The molecule has 1 N–H and O–H groups in total. The quantitative estimate of drug-likeness (QED) is 0.882. The first-order valence-electron chi connectivity index (χ1n) is 4.92. The Hall–Kier alpha value is -1.40. The lowest BCUT2D eigenvalue weighted by Gasteiger charge is -2.15. The molecule has 0 aromatic carbocycles. The van der Waals surface area contributed by atoms with E-state index in [0.717, 1.165) is 17.0 Å². The Labute approximate surface area is 96.7 Å². The largest absolute Gasteiger partial charge is 0.306 e. The van der Waals surface area contributed by atoms with Crippen LogP contribution in [-0.4, -0.2) is 21.1 Å². The number of rotatable bonds is 4. The van der Waals surface area contributed by atoms with Gasteiger partial charge in [-0.1, -0.05) is 11.4 Å². The number of hydrogen-bond donors (Lipinski definition) is 1. The van der Waals surface area contributed by atoms with Gasteiger partial charge in [-0.3, -0.25) is 4.98 Å². The minimum Gasteiger partial charge on any atom is -0.306 e. The van der Waals surface area contributed by atoms with Crippen molar-refractivity contribution < 1.29 is 4.39 Å². The molecule has 16 heavy (non-hydrogen) atoms. The van der Waals surface area contributed by atoms with E-state index in [9.17, 15) is 4.39 Å². The van der Waals surface area contributed by atoms with Gasteiger partial charge in [-0.25, -0.2) is 4.39 Å². The molecule has 2 aromatic heterocycles. The molecule has 2 aromatic rings. The second-order valence-electron chi connectivity index (χ2n) is 3.25. The molecular formula is C10H11FN4S. The number of halogens is 1. The Morgan fingerprint density at radius 2 is 2.31 bits per heavy atom. The number of hydrogen-bond acceptors (Lipinski definition) is 5. The van der Waals surface area contributed by atoms with Crippen molar-refractivity contribution in [2.24, 2.45) is 0 Å². The highest BCUT2D eigenvalue weighted by Gasteiger charge is 2.16. The van der Waals surface area contributed by atoms with Gasteiger partial charge in [0.15, 0.2) is 0 Å². The van der Waals surface area contributed by atoms with Crippen LogP contribution in [0.4, 0.5) is 4.39 Å². The smallest absolute Gasteiger partial charge is 0.141 e. The van der Waals surface area contributed by atoms with E-state index >= 15 is 0 Å². The summed E-state index contributed by atoms with van der Waals surface area (Å²) in [6.45, 7) is 2.77. The maximum Gasteiger partial charge on any atom is 0.141 e. The zero-order chi connectivity index (χ0) is 11.4. The Kier molecular flexibility index (Phi) is 3.53. The van der Waals surface area contributed by atoms with Crippen molar-refractivity contribution in [3.63, 3.8) is 0 Å². The van der Waals surface area contributed by atoms with E-state index in [-0.39, 0.29) is 11.9 Å².